The Labute approximate surface area is 125 Å². The van der Waals surface area contributed by atoms with Crippen LogP contribution >= 0.6 is 0 Å². The summed E-state index contributed by atoms with van der Waals surface area (Å²) in [5, 5.41) is 6.04. The topological polar surface area (TPSA) is 61.4 Å². The standard InChI is InChI=1S/C16H23N3O2/c1-4-14-15(20)18-8-9-19(14)16(21)12-10-11(3)6-7-13(12)17-5-2/h6-7,10,14,17H,4-5,8-9H2,1-3H3,(H,18,20). The summed E-state index contributed by atoms with van der Waals surface area (Å²) in [7, 11) is 0. The highest BCUT2D eigenvalue weighted by atomic mass is 16.2. The van der Waals surface area contributed by atoms with Gasteiger partial charge in [-0.05, 0) is 32.4 Å². The van der Waals surface area contributed by atoms with Gasteiger partial charge in [0.2, 0.25) is 5.91 Å². The number of benzene rings is 1. The normalized spacial score (nSPS) is 18.3. The van der Waals surface area contributed by atoms with Gasteiger partial charge < -0.3 is 15.5 Å². The lowest BCUT2D eigenvalue weighted by Crippen LogP contribution is -2.57. The number of carbonyl (C=O) groups excluding carboxylic acids is 2. The van der Waals surface area contributed by atoms with E-state index in [2.05, 4.69) is 10.6 Å². The van der Waals surface area contributed by atoms with Crippen LogP contribution in [0.3, 0.4) is 0 Å². The maximum atomic E-state index is 12.9. The van der Waals surface area contributed by atoms with Crippen molar-refractivity contribution in [1.82, 2.24) is 10.2 Å². The minimum atomic E-state index is -0.374. The number of amides is 2. The zero-order chi connectivity index (χ0) is 15.4. The van der Waals surface area contributed by atoms with E-state index in [1.165, 1.54) is 0 Å². The van der Waals surface area contributed by atoms with Crippen molar-refractivity contribution in [1.29, 1.82) is 0 Å². The SMILES string of the molecule is CCNc1ccc(C)cc1C(=O)N1CCNC(=O)C1CC. The number of rotatable bonds is 4. The van der Waals surface area contributed by atoms with Gasteiger partial charge in [0.25, 0.3) is 5.91 Å². The van der Waals surface area contributed by atoms with Crippen LogP contribution in [0.25, 0.3) is 0 Å². The van der Waals surface area contributed by atoms with E-state index in [1.54, 1.807) is 4.90 Å². The molecule has 0 radical (unpaired) electrons. The molecule has 2 rings (SSSR count). The molecule has 1 unspecified atom stereocenters. The molecule has 0 spiro atoms. The molecule has 1 aliphatic rings. The van der Waals surface area contributed by atoms with Crippen molar-refractivity contribution >= 4 is 17.5 Å². The Morgan fingerprint density at radius 1 is 1.43 bits per heavy atom. The minimum absolute atomic E-state index is 0.0604. The van der Waals surface area contributed by atoms with Crippen LogP contribution in [0.1, 0.15) is 36.2 Å². The van der Waals surface area contributed by atoms with E-state index < -0.39 is 0 Å². The summed E-state index contributed by atoms with van der Waals surface area (Å²) in [5.74, 6) is -0.133. The van der Waals surface area contributed by atoms with E-state index in [0.717, 1.165) is 17.8 Å². The van der Waals surface area contributed by atoms with E-state index in [0.29, 0.717) is 25.1 Å². The average Bonchev–Trinajstić information content (AvgIpc) is 2.48. The number of nitrogens with zero attached hydrogens (tertiary/aromatic N) is 1. The second kappa shape index (κ2) is 6.61. The fourth-order valence-electron chi connectivity index (χ4n) is 2.70. The molecule has 0 aromatic heterocycles. The summed E-state index contributed by atoms with van der Waals surface area (Å²) in [5.41, 5.74) is 2.51. The third-order valence-corrected chi connectivity index (χ3v) is 3.75. The van der Waals surface area contributed by atoms with Gasteiger partial charge in [0.1, 0.15) is 6.04 Å². The molecule has 1 atom stereocenters. The maximum Gasteiger partial charge on any atom is 0.256 e. The first kappa shape index (κ1) is 15.4. The molecule has 1 heterocycles. The Balaban J connectivity index is 2.34. The molecule has 0 bridgehead atoms. The van der Waals surface area contributed by atoms with Crippen molar-refractivity contribution in [3.63, 3.8) is 0 Å². The van der Waals surface area contributed by atoms with Gasteiger partial charge in [0.05, 0.1) is 5.56 Å². The summed E-state index contributed by atoms with van der Waals surface area (Å²) in [6.07, 6.45) is 0.625. The number of carbonyl (C=O) groups is 2. The molecule has 1 saturated heterocycles. The van der Waals surface area contributed by atoms with Gasteiger partial charge in [-0.3, -0.25) is 9.59 Å². The number of anilines is 1. The van der Waals surface area contributed by atoms with Gasteiger partial charge in [0, 0.05) is 25.3 Å². The minimum Gasteiger partial charge on any atom is -0.385 e. The molecule has 114 valence electrons. The number of nitrogens with one attached hydrogen (secondary N) is 2. The molecule has 2 N–H and O–H groups in total. The molecule has 2 amide bonds. The molecule has 0 saturated carbocycles. The van der Waals surface area contributed by atoms with Gasteiger partial charge in [-0.15, -0.1) is 0 Å². The third-order valence-electron chi connectivity index (χ3n) is 3.75. The number of hydrogen-bond acceptors (Lipinski definition) is 3. The van der Waals surface area contributed by atoms with E-state index in [-0.39, 0.29) is 17.9 Å². The highest BCUT2D eigenvalue weighted by Crippen LogP contribution is 2.22. The van der Waals surface area contributed by atoms with Crippen LogP contribution in [0.15, 0.2) is 18.2 Å². The van der Waals surface area contributed by atoms with E-state index in [1.807, 2.05) is 39.0 Å². The van der Waals surface area contributed by atoms with Crippen LogP contribution in [0.5, 0.6) is 0 Å². The molecule has 1 aliphatic heterocycles. The van der Waals surface area contributed by atoms with E-state index in [9.17, 15) is 9.59 Å². The van der Waals surface area contributed by atoms with Crippen LogP contribution in [-0.4, -0.2) is 42.4 Å². The Morgan fingerprint density at radius 2 is 2.19 bits per heavy atom. The highest BCUT2D eigenvalue weighted by Gasteiger charge is 2.32. The first-order valence-electron chi connectivity index (χ1n) is 7.51. The summed E-state index contributed by atoms with van der Waals surface area (Å²) < 4.78 is 0. The molecular weight excluding hydrogens is 266 g/mol. The summed E-state index contributed by atoms with van der Waals surface area (Å²) in [4.78, 5) is 26.5. The van der Waals surface area contributed by atoms with Gasteiger partial charge >= 0.3 is 0 Å². The number of piperazine rings is 1. The second-order valence-corrected chi connectivity index (χ2v) is 5.29. The molecule has 1 aromatic carbocycles. The quantitative estimate of drug-likeness (QED) is 0.888. The molecule has 5 nitrogen and oxygen atoms in total. The number of aryl methyl sites for hydroxylation is 1. The Morgan fingerprint density at radius 3 is 2.86 bits per heavy atom. The van der Waals surface area contributed by atoms with Crippen LogP contribution in [0, 0.1) is 6.92 Å². The lowest BCUT2D eigenvalue weighted by atomic mass is 10.0. The summed E-state index contributed by atoms with van der Waals surface area (Å²) >= 11 is 0. The highest BCUT2D eigenvalue weighted by molar-refractivity contribution is 6.02. The van der Waals surface area contributed by atoms with E-state index >= 15 is 0 Å². The zero-order valence-corrected chi connectivity index (χ0v) is 12.9. The van der Waals surface area contributed by atoms with Crippen LogP contribution in [0.2, 0.25) is 0 Å². The predicted molar refractivity (Wildman–Crippen MR) is 83.5 cm³/mol. The lowest BCUT2D eigenvalue weighted by molar-refractivity contribution is -0.127. The van der Waals surface area contributed by atoms with Crippen molar-refractivity contribution in [2.75, 3.05) is 25.0 Å². The molecule has 1 fully saturated rings. The van der Waals surface area contributed by atoms with Crippen LogP contribution in [-0.2, 0) is 4.79 Å². The van der Waals surface area contributed by atoms with Crippen molar-refractivity contribution in [3.8, 4) is 0 Å². The van der Waals surface area contributed by atoms with Crippen molar-refractivity contribution < 1.29 is 9.59 Å². The maximum absolute atomic E-state index is 12.9. The molecule has 0 aliphatic carbocycles. The molecule has 21 heavy (non-hydrogen) atoms. The average molecular weight is 289 g/mol. The van der Waals surface area contributed by atoms with Gasteiger partial charge in [-0.1, -0.05) is 18.6 Å². The van der Waals surface area contributed by atoms with Crippen LogP contribution < -0.4 is 10.6 Å². The molecule has 1 aromatic rings. The van der Waals surface area contributed by atoms with Crippen molar-refractivity contribution in [2.24, 2.45) is 0 Å². The lowest BCUT2D eigenvalue weighted by Gasteiger charge is -2.35. The summed E-state index contributed by atoms with van der Waals surface area (Å²) in [6.45, 7) is 7.72. The Kier molecular flexibility index (Phi) is 4.83. The fraction of sp³-hybridized carbons (Fsp3) is 0.500. The third kappa shape index (κ3) is 3.17. The fourth-order valence-corrected chi connectivity index (χ4v) is 2.70. The zero-order valence-electron chi connectivity index (χ0n) is 12.9. The van der Waals surface area contributed by atoms with Gasteiger partial charge in [-0.2, -0.15) is 0 Å². The smallest absolute Gasteiger partial charge is 0.256 e. The molecule has 5 heteroatoms. The van der Waals surface area contributed by atoms with E-state index in [4.69, 9.17) is 0 Å². The first-order valence-corrected chi connectivity index (χ1v) is 7.51. The number of hydrogen-bond donors (Lipinski definition) is 2. The van der Waals surface area contributed by atoms with Crippen molar-refractivity contribution in [3.05, 3.63) is 29.3 Å². The summed E-state index contributed by atoms with van der Waals surface area (Å²) in [6, 6.07) is 5.42. The van der Waals surface area contributed by atoms with Crippen molar-refractivity contribution in [2.45, 2.75) is 33.2 Å². The largest absolute Gasteiger partial charge is 0.385 e. The monoisotopic (exact) mass is 289 g/mol. The second-order valence-electron chi connectivity index (χ2n) is 5.29. The predicted octanol–water partition coefficient (Wildman–Crippen LogP) is 1.78. The van der Waals surface area contributed by atoms with Crippen LogP contribution in [0.4, 0.5) is 5.69 Å². The van der Waals surface area contributed by atoms with Gasteiger partial charge in [-0.25, -0.2) is 0 Å². The Hall–Kier alpha value is -2.04. The van der Waals surface area contributed by atoms with Gasteiger partial charge in [0.15, 0.2) is 0 Å². The first-order chi connectivity index (χ1) is 10.1. The Bertz CT molecular complexity index is 542. The molecular formula is C16H23N3O2.